The van der Waals surface area contributed by atoms with Gasteiger partial charge >= 0.3 is 5.97 Å². The molecule has 2 aliphatic heterocycles. The molecule has 4 rings (SSSR count). The van der Waals surface area contributed by atoms with Gasteiger partial charge in [0.05, 0.1) is 23.7 Å². The zero-order valence-electron chi connectivity index (χ0n) is 14.6. The van der Waals surface area contributed by atoms with E-state index in [-0.39, 0.29) is 29.6 Å². The molecule has 2 heterocycles. The van der Waals surface area contributed by atoms with E-state index >= 15 is 0 Å². The van der Waals surface area contributed by atoms with E-state index in [1.54, 1.807) is 12.1 Å². The van der Waals surface area contributed by atoms with Crippen molar-refractivity contribution in [1.82, 2.24) is 0 Å². The fraction of sp³-hybridized carbons (Fsp3) is 0.273. The number of fused-ring (bicyclic) bond motifs is 2. The molecule has 5 nitrogen and oxygen atoms in total. The van der Waals surface area contributed by atoms with Crippen LogP contribution in [0.4, 0.5) is 5.69 Å². The number of hydrogen-bond acceptors (Lipinski definition) is 3. The van der Waals surface area contributed by atoms with Gasteiger partial charge in [-0.1, -0.05) is 24.0 Å². The predicted octanol–water partition coefficient (Wildman–Crippen LogP) is 3.29. The molecule has 2 fully saturated rings. The molecule has 3 unspecified atom stereocenters. The monoisotopic (exact) mass is 361 g/mol. The van der Waals surface area contributed by atoms with Crippen molar-refractivity contribution >= 4 is 17.6 Å². The van der Waals surface area contributed by atoms with Crippen molar-refractivity contribution in [3.05, 3.63) is 65.2 Å². The van der Waals surface area contributed by atoms with E-state index in [1.165, 1.54) is 12.1 Å². The van der Waals surface area contributed by atoms with E-state index in [1.807, 2.05) is 24.3 Å². The maximum atomic E-state index is 12.5. The van der Waals surface area contributed by atoms with Crippen LogP contribution in [0.5, 0.6) is 0 Å². The Morgan fingerprint density at radius 3 is 2.44 bits per heavy atom. The molecular weight excluding hydrogens is 342 g/mol. The van der Waals surface area contributed by atoms with Gasteiger partial charge in [-0.25, -0.2) is 4.79 Å². The fourth-order valence-corrected chi connectivity index (χ4v) is 3.70. The molecule has 0 radical (unpaired) electrons. The second kappa shape index (κ2) is 7.26. The number of carboxylic acids is 1. The van der Waals surface area contributed by atoms with Crippen molar-refractivity contribution in [1.29, 1.82) is 0 Å². The number of hydrogen-bond donors (Lipinski definition) is 2. The van der Waals surface area contributed by atoms with Gasteiger partial charge in [0.1, 0.15) is 0 Å². The third-order valence-electron chi connectivity index (χ3n) is 5.03. The normalized spacial score (nSPS) is 22.7. The van der Waals surface area contributed by atoms with Crippen LogP contribution in [0.3, 0.4) is 0 Å². The predicted molar refractivity (Wildman–Crippen MR) is 100 cm³/mol. The molecule has 0 aliphatic carbocycles. The fourth-order valence-electron chi connectivity index (χ4n) is 3.70. The van der Waals surface area contributed by atoms with Gasteiger partial charge in [0.25, 0.3) is 0 Å². The summed E-state index contributed by atoms with van der Waals surface area (Å²) in [5.74, 6) is 4.94. The Hall–Kier alpha value is -3.10. The molecular formula is C22H19NO4. The highest BCUT2D eigenvalue weighted by Crippen LogP contribution is 2.39. The lowest BCUT2D eigenvalue weighted by atomic mass is 9.88. The van der Waals surface area contributed by atoms with E-state index in [0.717, 1.165) is 24.8 Å². The average Bonchev–Trinajstić information content (AvgIpc) is 3.30. The Bertz CT molecular complexity index is 956. The molecule has 2 saturated heterocycles. The highest BCUT2D eigenvalue weighted by atomic mass is 16.5. The zero-order chi connectivity index (χ0) is 18.8. The highest BCUT2D eigenvalue weighted by Gasteiger charge is 2.44. The number of nitrogens with one attached hydrogen (secondary N) is 1. The Morgan fingerprint density at radius 1 is 1.04 bits per heavy atom. The van der Waals surface area contributed by atoms with Crippen molar-refractivity contribution in [2.24, 2.45) is 5.92 Å². The zero-order valence-corrected chi connectivity index (χ0v) is 14.6. The van der Waals surface area contributed by atoms with Crippen LogP contribution in [-0.2, 0) is 9.53 Å². The summed E-state index contributed by atoms with van der Waals surface area (Å²) in [7, 11) is 0. The number of ether oxygens (including phenoxy) is 1. The SMILES string of the molecule is O=C(O)c1cccc(C#Cc2cccc(NC(=O)C3CC4CCC3O4)c2)c1. The first-order valence-corrected chi connectivity index (χ1v) is 9.00. The summed E-state index contributed by atoms with van der Waals surface area (Å²) >= 11 is 0. The number of anilines is 1. The topological polar surface area (TPSA) is 75.6 Å². The van der Waals surface area contributed by atoms with Crippen LogP contribution >= 0.6 is 0 Å². The van der Waals surface area contributed by atoms with Gasteiger partial charge < -0.3 is 15.2 Å². The number of aromatic carboxylic acids is 1. The van der Waals surface area contributed by atoms with Crippen LogP contribution < -0.4 is 5.32 Å². The Morgan fingerprint density at radius 2 is 1.78 bits per heavy atom. The lowest BCUT2D eigenvalue weighted by Crippen LogP contribution is -2.30. The van der Waals surface area contributed by atoms with E-state index < -0.39 is 5.97 Å². The van der Waals surface area contributed by atoms with Crippen molar-refractivity contribution in [2.75, 3.05) is 5.32 Å². The minimum Gasteiger partial charge on any atom is -0.478 e. The number of benzene rings is 2. The highest BCUT2D eigenvalue weighted by molar-refractivity contribution is 5.93. The van der Waals surface area contributed by atoms with Gasteiger partial charge in [0, 0.05) is 16.8 Å². The molecule has 1 amide bonds. The second-order valence-electron chi connectivity index (χ2n) is 6.92. The van der Waals surface area contributed by atoms with Gasteiger partial charge in [0.2, 0.25) is 5.91 Å². The molecule has 0 spiro atoms. The minimum atomic E-state index is -0.979. The Labute approximate surface area is 157 Å². The molecule has 2 aromatic rings. The maximum absolute atomic E-state index is 12.5. The van der Waals surface area contributed by atoms with Crippen LogP contribution in [-0.4, -0.2) is 29.2 Å². The van der Waals surface area contributed by atoms with Crippen LogP contribution in [0, 0.1) is 17.8 Å². The van der Waals surface area contributed by atoms with Crippen LogP contribution in [0.25, 0.3) is 0 Å². The largest absolute Gasteiger partial charge is 0.478 e. The molecule has 0 aromatic heterocycles. The molecule has 2 N–H and O–H groups in total. The quantitative estimate of drug-likeness (QED) is 0.823. The van der Waals surface area contributed by atoms with E-state index in [9.17, 15) is 9.59 Å². The van der Waals surface area contributed by atoms with Crippen molar-refractivity contribution < 1.29 is 19.4 Å². The molecule has 2 bridgehead atoms. The van der Waals surface area contributed by atoms with Crippen LogP contribution in [0.15, 0.2) is 48.5 Å². The van der Waals surface area contributed by atoms with Crippen molar-refractivity contribution in [3.8, 4) is 11.8 Å². The smallest absolute Gasteiger partial charge is 0.335 e. The summed E-state index contributed by atoms with van der Waals surface area (Å²) in [6.07, 6.45) is 3.12. The van der Waals surface area contributed by atoms with Gasteiger partial charge in [-0.3, -0.25) is 4.79 Å². The summed E-state index contributed by atoms with van der Waals surface area (Å²) in [6.45, 7) is 0. The average molecular weight is 361 g/mol. The number of carbonyl (C=O) groups excluding carboxylic acids is 1. The molecule has 2 aromatic carbocycles. The molecule has 0 saturated carbocycles. The first-order chi connectivity index (χ1) is 13.1. The number of rotatable bonds is 3. The molecule has 27 heavy (non-hydrogen) atoms. The minimum absolute atomic E-state index is 0.00136. The summed E-state index contributed by atoms with van der Waals surface area (Å²) in [5, 5.41) is 12.0. The van der Waals surface area contributed by atoms with Gasteiger partial charge in [-0.15, -0.1) is 0 Å². The number of carbonyl (C=O) groups is 2. The standard InChI is InChI=1S/C22H19NO4/c24-21(19-13-18-9-10-20(19)27-18)23-17-6-2-4-15(12-17)8-7-14-3-1-5-16(11-14)22(25)26/h1-6,11-12,18-20H,9-10,13H2,(H,23,24)(H,25,26). The van der Waals surface area contributed by atoms with E-state index in [2.05, 4.69) is 17.2 Å². The van der Waals surface area contributed by atoms with Crippen molar-refractivity contribution in [2.45, 2.75) is 31.5 Å². The third kappa shape index (κ3) is 3.86. The van der Waals surface area contributed by atoms with Crippen LogP contribution in [0.1, 0.15) is 40.7 Å². The van der Waals surface area contributed by atoms with E-state index in [4.69, 9.17) is 9.84 Å². The molecule has 136 valence electrons. The Balaban J connectivity index is 1.46. The summed E-state index contributed by atoms with van der Waals surface area (Å²) < 4.78 is 5.76. The summed E-state index contributed by atoms with van der Waals surface area (Å²) in [4.78, 5) is 23.5. The Kier molecular flexibility index (Phi) is 4.66. The third-order valence-corrected chi connectivity index (χ3v) is 5.03. The molecule has 5 heteroatoms. The molecule has 3 atom stereocenters. The number of amides is 1. The van der Waals surface area contributed by atoms with Crippen molar-refractivity contribution in [3.63, 3.8) is 0 Å². The number of carboxylic acid groups (broad SMARTS) is 1. The lowest BCUT2D eigenvalue weighted by molar-refractivity contribution is -0.121. The molecule has 2 aliphatic rings. The van der Waals surface area contributed by atoms with Gasteiger partial charge in [-0.05, 0) is 55.7 Å². The lowest BCUT2D eigenvalue weighted by Gasteiger charge is -2.18. The van der Waals surface area contributed by atoms with Crippen LogP contribution in [0.2, 0.25) is 0 Å². The summed E-state index contributed by atoms with van der Waals surface area (Å²) in [5.41, 5.74) is 2.28. The maximum Gasteiger partial charge on any atom is 0.335 e. The second-order valence-corrected chi connectivity index (χ2v) is 6.92. The summed E-state index contributed by atoms with van der Waals surface area (Å²) in [6, 6.07) is 13.8. The first kappa shape index (κ1) is 17.3. The first-order valence-electron chi connectivity index (χ1n) is 9.00. The van der Waals surface area contributed by atoms with E-state index in [0.29, 0.717) is 11.3 Å². The van der Waals surface area contributed by atoms with Gasteiger partial charge in [-0.2, -0.15) is 0 Å². The van der Waals surface area contributed by atoms with Gasteiger partial charge in [0.15, 0.2) is 0 Å².